The first kappa shape index (κ1) is 87.9. The molecule has 0 spiro atoms. The largest absolute Gasteiger partial charge is 0.508 e. The number of aromatic hydroxyl groups is 3. The van der Waals surface area contributed by atoms with Crippen molar-refractivity contribution in [3.63, 3.8) is 0 Å². The third kappa shape index (κ3) is 28.2. The SMILES string of the molecule is C.CCC(C)[C@H](NC(=O)[C@@H](CC(=O)[C@@H]1CSSC[C@H](NC(=O)[C@@H](CCC(=O)O)CC(=O)[C@@H](N)Cc2ccc(O)cc2)C(=O)N2C[C@H](O)C[C@H]2C(=O)C[C@@H](Cc2ccc(O)c(Cl)c2)C(=O)NCC(=O)C[C@@H](CC(C)C)C(=O)N1)Cc1ccc(O)cc1)C(=O)C[C@@H](CCC(N)=O)C(=O)NCc1cccc(CN)c1. The number of hydrogen-bond acceptors (Lipinski definition) is 21. The van der Waals surface area contributed by atoms with Crippen molar-refractivity contribution < 1.29 is 87.9 Å². The van der Waals surface area contributed by atoms with Crippen molar-refractivity contribution in [2.45, 2.75) is 181 Å². The number of aliphatic hydroxyl groups excluding tert-OH is 1. The van der Waals surface area contributed by atoms with E-state index in [-0.39, 0.29) is 105 Å². The Kier molecular flexibility index (Phi) is 35.8. The lowest BCUT2D eigenvalue weighted by atomic mass is 9.86. The first-order valence-corrected chi connectivity index (χ1v) is 38.1. The van der Waals surface area contributed by atoms with Crippen molar-refractivity contribution in [2.24, 2.45) is 58.6 Å². The summed E-state index contributed by atoms with van der Waals surface area (Å²) in [5.41, 5.74) is 20.7. The highest BCUT2D eigenvalue weighted by Crippen LogP contribution is 2.32. The number of aliphatic hydroxyl groups is 1. The Balaban J connectivity index is 0.0000202. The highest BCUT2D eigenvalue weighted by atomic mass is 35.5. The van der Waals surface area contributed by atoms with Gasteiger partial charge in [-0.2, -0.15) is 0 Å². The van der Waals surface area contributed by atoms with Gasteiger partial charge in [-0.05, 0) is 115 Å². The predicted molar refractivity (Wildman–Crippen MR) is 401 cm³/mol. The first-order valence-electron chi connectivity index (χ1n) is 35.2. The summed E-state index contributed by atoms with van der Waals surface area (Å²) < 4.78 is 0. The second-order valence-corrected chi connectivity index (χ2v) is 30.7. The van der Waals surface area contributed by atoms with Crippen molar-refractivity contribution in [2.75, 3.05) is 24.6 Å². The number of rotatable bonds is 33. The summed E-state index contributed by atoms with van der Waals surface area (Å²) in [6.07, 6.45) is -5.56. The number of ketones is 5. The van der Waals surface area contributed by atoms with Gasteiger partial charge in [0.05, 0.1) is 41.8 Å². The van der Waals surface area contributed by atoms with E-state index in [2.05, 4.69) is 26.6 Å². The van der Waals surface area contributed by atoms with Crippen molar-refractivity contribution in [1.29, 1.82) is 0 Å². The highest BCUT2D eigenvalue weighted by Gasteiger charge is 2.44. The zero-order valence-corrected chi connectivity index (χ0v) is 61.8. The van der Waals surface area contributed by atoms with E-state index in [4.69, 9.17) is 28.8 Å². The molecule has 2 fully saturated rings. The molecule has 6 rings (SSSR count). The van der Waals surface area contributed by atoms with Gasteiger partial charge in [0.25, 0.3) is 0 Å². The van der Waals surface area contributed by atoms with Crippen LogP contribution in [0.3, 0.4) is 0 Å². The van der Waals surface area contributed by atoms with E-state index in [1.165, 1.54) is 54.6 Å². The molecule has 27 nitrogen and oxygen atoms in total. The van der Waals surface area contributed by atoms with Crippen molar-refractivity contribution in [3.8, 4) is 17.2 Å². The number of fused-ring (bicyclic) bond motifs is 1. The molecule has 0 aromatic heterocycles. The Bertz CT molecular complexity index is 3740. The molecule has 1 unspecified atom stereocenters. The van der Waals surface area contributed by atoms with Crippen LogP contribution in [0.4, 0.5) is 0 Å². The third-order valence-corrected chi connectivity index (χ3v) is 21.6. The van der Waals surface area contributed by atoms with Gasteiger partial charge in [-0.1, -0.05) is 129 Å². The van der Waals surface area contributed by atoms with Crippen molar-refractivity contribution in [1.82, 2.24) is 31.5 Å². The summed E-state index contributed by atoms with van der Waals surface area (Å²) in [6.45, 7) is 6.35. The molecule has 4 aromatic carbocycles. The lowest BCUT2D eigenvalue weighted by molar-refractivity contribution is -0.142. The van der Waals surface area contributed by atoms with Crippen LogP contribution in [0.1, 0.15) is 140 Å². The Morgan fingerprint density at radius 1 is 0.708 bits per heavy atom. The number of carbonyl (C=O) groups is 13. The van der Waals surface area contributed by atoms with Crippen LogP contribution in [-0.4, -0.2) is 168 Å². The molecule has 2 aliphatic heterocycles. The Hall–Kier alpha value is -8.74. The molecule has 30 heteroatoms. The number of nitrogens with two attached hydrogens (primary N) is 3. The molecule has 2 heterocycles. The van der Waals surface area contributed by atoms with E-state index in [1.807, 2.05) is 12.1 Å². The fraction of sp³-hybridized carbons (Fsp3) is 0.513. The second kappa shape index (κ2) is 43.2. The van der Waals surface area contributed by atoms with Crippen LogP contribution >= 0.6 is 33.2 Å². The van der Waals surface area contributed by atoms with E-state index in [0.29, 0.717) is 23.1 Å². The van der Waals surface area contributed by atoms with E-state index >= 15 is 14.4 Å². The number of nitrogens with zero attached hydrogens (tertiary/aromatic N) is 1. The molecule has 7 amide bonds. The summed E-state index contributed by atoms with van der Waals surface area (Å²) in [7, 11) is 1.85. The van der Waals surface area contributed by atoms with Gasteiger partial charge in [0.1, 0.15) is 23.3 Å². The van der Waals surface area contributed by atoms with Crippen LogP contribution in [0.15, 0.2) is 91.0 Å². The first-order chi connectivity index (χ1) is 49.8. The van der Waals surface area contributed by atoms with Gasteiger partial charge >= 0.3 is 5.97 Å². The van der Waals surface area contributed by atoms with Gasteiger partial charge in [-0.25, -0.2) is 0 Å². The molecule has 106 heavy (non-hydrogen) atoms. The molecule has 0 bridgehead atoms. The standard InChI is InChI=1S/C75H98ClN9O18S2.CH4/c1-5-42(4)69(66(94)31-48(14-21-67(79)95)70(98)80-36-47-8-6-7-46(24-47)35-77)84-74(102)52(25-43-9-16-53(86)17-10-43)32-64(92)59-39-104-105-40-60(83-72(100)49(15-22-68(96)97)30-63(91)58(78)28-44-11-18-54(87)19-12-44)75(103)85-38-56(89)34-61(85)65(93)33-51(26-45-13-20-62(90)57(76)27-45)71(99)81-37-55(88)29-50(23-41(2)3)73(101)82-59;/h6-13,16-20,24,27,41-42,48-52,56,58-61,69,86-87,89-90H,5,14-15,21-23,25-26,28-40,77-78H2,1-4H3,(H2,79,95)(H,80,98)(H,81,99)(H,82,101)(H,83,100)(H,84,102)(H,96,97);1H4/t42?,48-,49+,50-,51-,52-,56-,58+,59+,60+,61+,69+;/m1./s1. The topological polar surface area (TPSA) is 465 Å². The van der Waals surface area contributed by atoms with E-state index < -0.39 is 206 Å². The van der Waals surface area contributed by atoms with Gasteiger partial charge in [-0.15, -0.1) is 0 Å². The Morgan fingerprint density at radius 3 is 1.94 bits per heavy atom. The normalized spacial score (nSPS) is 20.2. The maximum Gasteiger partial charge on any atom is 0.303 e. The second-order valence-electron chi connectivity index (χ2n) is 27.7. The summed E-state index contributed by atoms with van der Waals surface area (Å²) in [6, 6.07) is 16.0. The minimum absolute atomic E-state index is 0. The van der Waals surface area contributed by atoms with Crippen LogP contribution in [-0.2, 0) is 94.7 Å². The van der Waals surface area contributed by atoms with Crippen LogP contribution in [0.25, 0.3) is 0 Å². The van der Waals surface area contributed by atoms with Crippen LogP contribution in [0, 0.1) is 41.4 Å². The summed E-state index contributed by atoms with van der Waals surface area (Å²) in [4.78, 5) is 186. The van der Waals surface area contributed by atoms with Gasteiger partial charge < -0.3 is 74.2 Å². The smallest absolute Gasteiger partial charge is 0.303 e. The number of halogens is 1. The van der Waals surface area contributed by atoms with Gasteiger partial charge in [0.2, 0.25) is 41.4 Å². The molecule has 578 valence electrons. The third-order valence-electron chi connectivity index (χ3n) is 18.9. The molecule has 0 radical (unpaired) electrons. The minimum atomic E-state index is -1.63. The molecule has 16 N–H and O–H groups in total. The number of primary amides is 1. The number of nitrogens with one attached hydrogen (secondary N) is 5. The van der Waals surface area contributed by atoms with Crippen LogP contribution < -0.4 is 43.8 Å². The highest BCUT2D eigenvalue weighted by molar-refractivity contribution is 8.76. The number of carbonyl (C=O) groups excluding carboxylic acids is 12. The Morgan fingerprint density at radius 2 is 1.32 bits per heavy atom. The number of phenolic OH excluding ortho intramolecular Hbond substituents is 3. The van der Waals surface area contributed by atoms with Crippen LogP contribution in [0.2, 0.25) is 5.02 Å². The number of Topliss-reactive ketones (excluding diaryl/α,β-unsaturated/α-hetero) is 5. The summed E-state index contributed by atoms with van der Waals surface area (Å²) >= 11 is 6.27. The van der Waals surface area contributed by atoms with Gasteiger partial charge in [0, 0.05) is 112 Å². The minimum Gasteiger partial charge on any atom is -0.508 e. The Labute approximate surface area is 630 Å². The van der Waals surface area contributed by atoms with E-state index in [1.54, 1.807) is 52.0 Å². The molecule has 0 aliphatic carbocycles. The molecule has 0 saturated carbocycles. The fourth-order valence-corrected chi connectivity index (χ4v) is 15.3. The predicted octanol–water partition coefficient (Wildman–Crippen LogP) is 5.25. The quantitative estimate of drug-likeness (QED) is 0.0271. The average Bonchev–Trinajstić information content (AvgIpc) is 1.63. The number of hydrogen-bond donors (Lipinski definition) is 13. The molecule has 4 aromatic rings. The zero-order chi connectivity index (χ0) is 77.2. The number of phenols is 3. The lowest BCUT2D eigenvalue weighted by Gasteiger charge is -2.30. The zero-order valence-electron chi connectivity index (χ0n) is 59.4. The summed E-state index contributed by atoms with van der Waals surface area (Å²) in [5, 5.41) is 65.2. The molecule has 2 saturated heterocycles. The number of aliphatic carboxylic acids is 1. The van der Waals surface area contributed by atoms with Crippen molar-refractivity contribution >= 4 is 109 Å². The molecular weight excluding hydrogens is 1430 g/mol. The number of benzene rings is 4. The van der Waals surface area contributed by atoms with Gasteiger partial charge in [0.15, 0.2) is 28.9 Å². The summed E-state index contributed by atoms with van der Waals surface area (Å²) in [5.74, 6) is -18.1. The molecular formula is C76H102ClN9O18S2. The molecule has 12 atom stereocenters. The lowest BCUT2D eigenvalue weighted by Crippen LogP contribution is -2.54. The maximum atomic E-state index is 15.4. The van der Waals surface area contributed by atoms with Crippen molar-refractivity contribution in [3.05, 3.63) is 124 Å². The van der Waals surface area contributed by atoms with E-state index in [0.717, 1.165) is 37.6 Å². The number of carboxylic acids is 1. The monoisotopic (exact) mass is 1530 g/mol. The fourth-order valence-electron chi connectivity index (χ4n) is 12.7. The molecule has 2 aliphatic rings. The van der Waals surface area contributed by atoms with E-state index in [9.17, 15) is 73.5 Å². The van der Waals surface area contributed by atoms with Gasteiger partial charge in [-0.3, -0.25) is 62.3 Å². The average molecular weight is 1530 g/mol. The maximum absolute atomic E-state index is 15.4. The van der Waals surface area contributed by atoms with Crippen LogP contribution in [0.5, 0.6) is 17.2 Å². The number of amides is 7. The number of carboxylic acid groups (broad SMARTS) is 1.